The van der Waals surface area contributed by atoms with E-state index in [-0.39, 0.29) is 17.5 Å². The van der Waals surface area contributed by atoms with E-state index in [2.05, 4.69) is 0 Å². The summed E-state index contributed by atoms with van der Waals surface area (Å²) in [5, 5.41) is 8.90. The summed E-state index contributed by atoms with van der Waals surface area (Å²) in [6.45, 7) is 4.42. The molecule has 1 aromatic carbocycles. The molecule has 1 rings (SSSR count). The minimum absolute atomic E-state index is 0.0363. The van der Waals surface area contributed by atoms with E-state index in [1.54, 1.807) is 0 Å². The number of halogens is 2. The molecule has 4 heteroatoms. The van der Waals surface area contributed by atoms with Crippen LogP contribution >= 0.6 is 0 Å². The Hall–Kier alpha value is -1.45. The van der Waals surface area contributed by atoms with Gasteiger partial charge in [0.1, 0.15) is 0 Å². The largest absolute Gasteiger partial charge is 0.481 e. The lowest BCUT2D eigenvalue weighted by molar-refractivity contribution is -0.146. The molecule has 1 aromatic rings. The first-order chi connectivity index (χ1) is 7.25. The topological polar surface area (TPSA) is 37.3 Å². The van der Waals surface area contributed by atoms with Gasteiger partial charge in [-0.25, -0.2) is 8.78 Å². The molecule has 0 bridgehead atoms. The summed E-state index contributed by atoms with van der Waals surface area (Å²) in [5.41, 5.74) is -0.799. The van der Waals surface area contributed by atoms with Crippen molar-refractivity contribution < 1.29 is 18.7 Å². The van der Waals surface area contributed by atoms with Crippen LogP contribution in [-0.4, -0.2) is 11.1 Å². The fourth-order valence-corrected chi connectivity index (χ4v) is 1.37. The summed E-state index contributed by atoms with van der Waals surface area (Å²) in [7, 11) is 0. The van der Waals surface area contributed by atoms with Crippen LogP contribution in [0.4, 0.5) is 8.78 Å². The number of carboxylic acids is 1. The molecule has 0 saturated heterocycles. The van der Waals surface area contributed by atoms with Crippen LogP contribution in [0, 0.1) is 24.0 Å². The van der Waals surface area contributed by atoms with Crippen molar-refractivity contribution >= 4 is 5.97 Å². The second-order valence-corrected chi connectivity index (χ2v) is 4.54. The molecule has 0 atom stereocenters. The molecule has 0 unspecified atom stereocenters. The van der Waals surface area contributed by atoms with Crippen molar-refractivity contribution in [3.05, 3.63) is 34.9 Å². The Bertz CT molecular complexity index is 425. The fourth-order valence-electron chi connectivity index (χ4n) is 1.37. The van der Waals surface area contributed by atoms with Crippen LogP contribution in [0.25, 0.3) is 0 Å². The second-order valence-electron chi connectivity index (χ2n) is 4.54. The maximum atomic E-state index is 13.5. The Balaban J connectivity index is 3.08. The number of benzene rings is 1. The fraction of sp³-hybridized carbons (Fsp3) is 0.417. The van der Waals surface area contributed by atoms with Crippen LogP contribution < -0.4 is 0 Å². The lowest BCUT2D eigenvalue weighted by atomic mass is 9.85. The van der Waals surface area contributed by atoms with Crippen LogP contribution in [0.1, 0.15) is 25.0 Å². The third kappa shape index (κ3) is 2.38. The second kappa shape index (κ2) is 4.20. The normalized spacial score (nSPS) is 11.6. The van der Waals surface area contributed by atoms with E-state index in [0.717, 1.165) is 0 Å². The standard InChI is InChI=1S/C12H14F2O2/c1-7-4-5-8(10(14)9(7)13)6-12(2,3)11(15)16/h4-5H,6H2,1-3H3,(H,15,16). The maximum absolute atomic E-state index is 13.5. The summed E-state index contributed by atoms with van der Waals surface area (Å²) in [6.07, 6.45) is -0.0363. The molecule has 0 aliphatic carbocycles. The summed E-state index contributed by atoms with van der Waals surface area (Å²) in [4.78, 5) is 10.9. The number of hydrogen-bond donors (Lipinski definition) is 1. The Morgan fingerprint density at radius 2 is 1.88 bits per heavy atom. The Morgan fingerprint density at radius 3 is 2.38 bits per heavy atom. The Kier molecular flexibility index (Phi) is 3.31. The minimum Gasteiger partial charge on any atom is -0.481 e. The van der Waals surface area contributed by atoms with Crippen molar-refractivity contribution in [2.45, 2.75) is 27.2 Å². The van der Waals surface area contributed by atoms with E-state index in [9.17, 15) is 13.6 Å². The minimum atomic E-state index is -1.11. The first kappa shape index (κ1) is 12.6. The van der Waals surface area contributed by atoms with Crippen LogP contribution in [0.15, 0.2) is 12.1 Å². The van der Waals surface area contributed by atoms with Crippen molar-refractivity contribution in [3.8, 4) is 0 Å². The highest BCUT2D eigenvalue weighted by molar-refractivity contribution is 5.74. The van der Waals surface area contributed by atoms with Gasteiger partial charge in [0, 0.05) is 0 Å². The molecule has 2 nitrogen and oxygen atoms in total. The third-order valence-electron chi connectivity index (χ3n) is 2.57. The molecule has 0 radical (unpaired) electrons. The van der Waals surface area contributed by atoms with E-state index in [0.29, 0.717) is 0 Å². The highest BCUT2D eigenvalue weighted by Gasteiger charge is 2.29. The SMILES string of the molecule is Cc1ccc(CC(C)(C)C(=O)O)c(F)c1F. The van der Waals surface area contributed by atoms with E-state index >= 15 is 0 Å². The Morgan fingerprint density at radius 1 is 1.31 bits per heavy atom. The zero-order valence-electron chi connectivity index (χ0n) is 9.47. The van der Waals surface area contributed by atoms with E-state index in [1.807, 2.05) is 0 Å². The maximum Gasteiger partial charge on any atom is 0.309 e. The van der Waals surface area contributed by atoms with Crippen LogP contribution in [0.3, 0.4) is 0 Å². The lowest BCUT2D eigenvalue weighted by Gasteiger charge is -2.19. The molecule has 0 aromatic heterocycles. The molecule has 0 spiro atoms. The monoisotopic (exact) mass is 228 g/mol. The highest BCUT2D eigenvalue weighted by atomic mass is 19.2. The van der Waals surface area contributed by atoms with Gasteiger partial charge in [-0.15, -0.1) is 0 Å². The van der Waals surface area contributed by atoms with E-state index in [1.165, 1.54) is 32.9 Å². The molecular formula is C12H14F2O2. The molecule has 1 N–H and O–H groups in total. The van der Waals surface area contributed by atoms with Crippen molar-refractivity contribution in [3.63, 3.8) is 0 Å². The average molecular weight is 228 g/mol. The molecule has 0 fully saturated rings. The summed E-state index contributed by atoms with van der Waals surface area (Å²) < 4.78 is 26.7. The first-order valence-corrected chi connectivity index (χ1v) is 4.92. The van der Waals surface area contributed by atoms with Gasteiger partial charge in [-0.1, -0.05) is 12.1 Å². The third-order valence-corrected chi connectivity index (χ3v) is 2.57. The Labute approximate surface area is 92.9 Å². The van der Waals surface area contributed by atoms with Gasteiger partial charge in [0.15, 0.2) is 11.6 Å². The van der Waals surface area contributed by atoms with Crippen molar-refractivity contribution in [2.75, 3.05) is 0 Å². The number of carbonyl (C=O) groups is 1. The van der Waals surface area contributed by atoms with Gasteiger partial charge < -0.3 is 5.11 Å². The van der Waals surface area contributed by atoms with Gasteiger partial charge in [-0.05, 0) is 38.3 Å². The molecular weight excluding hydrogens is 214 g/mol. The van der Waals surface area contributed by atoms with Gasteiger partial charge in [0.05, 0.1) is 5.41 Å². The van der Waals surface area contributed by atoms with Gasteiger partial charge in [0.25, 0.3) is 0 Å². The molecule has 0 saturated carbocycles. The average Bonchev–Trinajstić information content (AvgIpc) is 2.19. The zero-order valence-corrected chi connectivity index (χ0v) is 9.47. The highest BCUT2D eigenvalue weighted by Crippen LogP contribution is 2.25. The molecule has 0 amide bonds. The van der Waals surface area contributed by atoms with Crippen molar-refractivity contribution in [1.29, 1.82) is 0 Å². The summed E-state index contributed by atoms with van der Waals surface area (Å²) in [5.74, 6) is -2.89. The number of aryl methyl sites for hydroxylation is 1. The lowest BCUT2D eigenvalue weighted by Crippen LogP contribution is -2.26. The number of rotatable bonds is 3. The zero-order chi connectivity index (χ0) is 12.5. The first-order valence-electron chi connectivity index (χ1n) is 4.92. The van der Waals surface area contributed by atoms with Gasteiger partial charge in [0.2, 0.25) is 0 Å². The van der Waals surface area contributed by atoms with Crippen LogP contribution in [0.5, 0.6) is 0 Å². The molecule has 16 heavy (non-hydrogen) atoms. The van der Waals surface area contributed by atoms with Crippen molar-refractivity contribution in [2.24, 2.45) is 5.41 Å². The molecule has 0 aliphatic rings. The van der Waals surface area contributed by atoms with Gasteiger partial charge in [-0.2, -0.15) is 0 Å². The van der Waals surface area contributed by atoms with Crippen LogP contribution in [-0.2, 0) is 11.2 Å². The van der Waals surface area contributed by atoms with Gasteiger partial charge >= 0.3 is 5.97 Å². The van der Waals surface area contributed by atoms with E-state index < -0.39 is 23.0 Å². The molecule has 0 heterocycles. The quantitative estimate of drug-likeness (QED) is 0.863. The van der Waals surface area contributed by atoms with E-state index in [4.69, 9.17) is 5.11 Å². The predicted octanol–water partition coefficient (Wildman–Crippen LogP) is 2.93. The molecule has 0 aliphatic heterocycles. The molecule has 88 valence electrons. The number of aliphatic carboxylic acids is 1. The summed E-state index contributed by atoms with van der Waals surface area (Å²) >= 11 is 0. The summed E-state index contributed by atoms with van der Waals surface area (Å²) in [6, 6.07) is 2.88. The van der Waals surface area contributed by atoms with Crippen molar-refractivity contribution in [1.82, 2.24) is 0 Å². The van der Waals surface area contributed by atoms with Gasteiger partial charge in [-0.3, -0.25) is 4.79 Å². The number of hydrogen-bond acceptors (Lipinski definition) is 1. The van der Waals surface area contributed by atoms with Crippen LogP contribution in [0.2, 0.25) is 0 Å². The smallest absolute Gasteiger partial charge is 0.309 e. The predicted molar refractivity (Wildman–Crippen MR) is 56.2 cm³/mol. The number of carboxylic acid groups (broad SMARTS) is 1.